The molecule has 0 radical (unpaired) electrons. The van der Waals surface area contributed by atoms with Crippen molar-refractivity contribution in [2.24, 2.45) is 0 Å². The van der Waals surface area contributed by atoms with Gasteiger partial charge in [0.2, 0.25) is 0 Å². The summed E-state index contributed by atoms with van der Waals surface area (Å²) in [5, 5.41) is 9.71. The summed E-state index contributed by atoms with van der Waals surface area (Å²) in [7, 11) is 0. The maximum Gasteiger partial charge on any atom is 0.147 e. The van der Waals surface area contributed by atoms with Gasteiger partial charge in [0.1, 0.15) is 31.9 Å². The van der Waals surface area contributed by atoms with Crippen LogP contribution in [0.5, 0.6) is 0 Å². The fraction of sp³-hybridized carbons (Fsp3) is 1.00. The Hall–Kier alpha value is 0.530. The lowest BCUT2D eigenvalue weighted by atomic mass is 10.0. The van der Waals surface area contributed by atoms with Crippen LogP contribution in [0, 0.1) is 0 Å². The van der Waals surface area contributed by atoms with E-state index in [1.54, 1.807) is 0 Å². The van der Waals surface area contributed by atoms with Crippen LogP contribution in [0.1, 0.15) is 0 Å². The third-order valence-corrected chi connectivity index (χ3v) is 3.30. The minimum Gasteiger partial charge on any atom is -0.390 e. The Kier molecular flexibility index (Phi) is 3.97. The standard InChI is InChI=1S/C8H13IO5/c9-1-5(10)7-8-6(12-4-14-7)2-11-3-13-8/h5-8,10H,1-4H2. The van der Waals surface area contributed by atoms with Crippen LogP contribution in [0.4, 0.5) is 0 Å². The molecule has 2 rings (SSSR count). The van der Waals surface area contributed by atoms with Crippen molar-refractivity contribution < 1.29 is 24.1 Å². The van der Waals surface area contributed by atoms with Crippen LogP contribution >= 0.6 is 22.6 Å². The van der Waals surface area contributed by atoms with E-state index in [2.05, 4.69) is 22.6 Å². The molecule has 0 bridgehead atoms. The molecular formula is C8H13IO5. The molecule has 0 aromatic rings. The van der Waals surface area contributed by atoms with Crippen LogP contribution in [-0.2, 0) is 18.9 Å². The van der Waals surface area contributed by atoms with Gasteiger partial charge in [0, 0.05) is 4.43 Å². The SMILES string of the molecule is OC(CI)C1OCOC2COCOC21. The van der Waals surface area contributed by atoms with Crippen LogP contribution in [0.15, 0.2) is 0 Å². The predicted molar refractivity (Wildman–Crippen MR) is 55.2 cm³/mol. The molecule has 0 aromatic heterocycles. The van der Waals surface area contributed by atoms with Gasteiger partial charge in [-0.05, 0) is 0 Å². The van der Waals surface area contributed by atoms with Crippen molar-refractivity contribution in [2.45, 2.75) is 24.4 Å². The molecule has 0 amide bonds. The highest BCUT2D eigenvalue weighted by Gasteiger charge is 2.41. The van der Waals surface area contributed by atoms with E-state index in [4.69, 9.17) is 18.9 Å². The summed E-state index contributed by atoms with van der Waals surface area (Å²) >= 11 is 2.12. The number of ether oxygens (including phenoxy) is 4. The normalized spacial score (nSPS) is 40.3. The molecule has 2 aliphatic heterocycles. The molecule has 2 fully saturated rings. The number of aliphatic hydroxyl groups is 1. The summed E-state index contributed by atoms with van der Waals surface area (Å²) in [6.07, 6.45) is -1.12. The Morgan fingerprint density at radius 3 is 2.93 bits per heavy atom. The lowest BCUT2D eigenvalue weighted by Crippen LogP contribution is -2.57. The highest BCUT2D eigenvalue weighted by atomic mass is 127. The molecule has 1 N–H and O–H groups in total. The number of aliphatic hydroxyl groups excluding tert-OH is 1. The van der Waals surface area contributed by atoms with Crippen molar-refractivity contribution in [3.8, 4) is 0 Å². The molecule has 4 atom stereocenters. The highest BCUT2D eigenvalue weighted by Crippen LogP contribution is 2.24. The summed E-state index contributed by atoms with van der Waals surface area (Å²) in [5.74, 6) is 0. The average Bonchev–Trinajstić information content (AvgIpc) is 2.27. The van der Waals surface area contributed by atoms with Crippen LogP contribution in [0.3, 0.4) is 0 Å². The van der Waals surface area contributed by atoms with Crippen LogP contribution < -0.4 is 0 Å². The van der Waals surface area contributed by atoms with Crippen molar-refractivity contribution in [1.29, 1.82) is 0 Å². The van der Waals surface area contributed by atoms with E-state index in [-0.39, 0.29) is 31.9 Å². The molecule has 82 valence electrons. The summed E-state index contributed by atoms with van der Waals surface area (Å²) < 4.78 is 21.8. The third-order valence-electron chi connectivity index (χ3n) is 2.40. The predicted octanol–water partition coefficient (Wildman–Crippen LogP) is -0.103. The minimum absolute atomic E-state index is 0.111. The zero-order valence-electron chi connectivity index (χ0n) is 7.60. The fourth-order valence-corrected chi connectivity index (χ4v) is 2.16. The van der Waals surface area contributed by atoms with Gasteiger partial charge in [-0.25, -0.2) is 0 Å². The topological polar surface area (TPSA) is 57.2 Å². The minimum atomic E-state index is -0.509. The maximum absolute atomic E-state index is 9.71. The molecule has 0 aliphatic carbocycles. The van der Waals surface area contributed by atoms with Gasteiger partial charge < -0.3 is 24.1 Å². The molecule has 6 heteroatoms. The van der Waals surface area contributed by atoms with Gasteiger partial charge in [0.15, 0.2) is 0 Å². The molecule has 14 heavy (non-hydrogen) atoms. The Morgan fingerprint density at radius 1 is 1.29 bits per heavy atom. The summed E-state index contributed by atoms with van der Waals surface area (Å²) in [6, 6.07) is 0. The first kappa shape index (κ1) is 11.0. The Morgan fingerprint density at radius 2 is 2.14 bits per heavy atom. The molecular weight excluding hydrogens is 303 g/mol. The van der Waals surface area contributed by atoms with E-state index < -0.39 is 6.10 Å². The molecule has 0 saturated carbocycles. The Bertz CT molecular complexity index is 187. The first-order chi connectivity index (χ1) is 6.83. The number of alkyl halides is 1. The molecule has 0 aromatic carbocycles. The van der Waals surface area contributed by atoms with Gasteiger partial charge in [-0.15, -0.1) is 0 Å². The van der Waals surface area contributed by atoms with Crippen LogP contribution in [-0.4, -0.2) is 54.1 Å². The highest BCUT2D eigenvalue weighted by molar-refractivity contribution is 14.1. The number of hydrogen-bond acceptors (Lipinski definition) is 5. The zero-order valence-corrected chi connectivity index (χ0v) is 9.75. The molecule has 2 saturated heterocycles. The first-order valence-corrected chi connectivity index (χ1v) is 6.02. The Labute approximate surface area is 95.8 Å². The molecule has 0 spiro atoms. The smallest absolute Gasteiger partial charge is 0.147 e. The molecule has 2 heterocycles. The molecule has 2 aliphatic rings. The van der Waals surface area contributed by atoms with Crippen molar-refractivity contribution in [1.82, 2.24) is 0 Å². The average molecular weight is 316 g/mol. The van der Waals surface area contributed by atoms with Crippen molar-refractivity contribution in [3.05, 3.63) is 0 Å². The number of halogens is 1. The maximum atomic E-state index is 9.71. The lowest BCUT2D eigenvalue weighted by Gasteiger charge is -2.41. The zero-order chi connectivity index (χ0) is 9.97. The number of rotatable bonds is 2. The summed E-state index contributed by atoms with van der Waals surface area (Å²) in [6.45, 7) is 0.961. The van der Waals surface area contributed by atoms with Crippen molar-refractivity contribution in [2.75, 3.05) is 24.6 Å². The monoisotopic (exact) mass is 316 g/mol. The van der Waals surface area contributed by atoms with Gasteiger partial charge in [-0.1, -0.05) is 22.6 Å². The second kappa shape index (κ2) is 5.04. The largest absolute Gasteiger partial charge is 0.390 e. The van der Waals surface area contributed by atoms with Gasteiger partial charge >= 0.3 is 0 Å². The van der Waals surface area contributed by atoms with Crippen LogP contribution in [0.2, 0.25) is 0 Å². The number of hydrogen-bond donors (Lipinski definition) is 1. The second-order valence-electron chi connectivity index (χ2n) is 3.30. The quantitative estimate of drug-likeness (QED) is 0.569. The van der Waals surface area contributed by atoms with E-state index in [9.17, 15) is 5.11 Å². The van der Waals surface area contributed by atoms with E-state index in [1.165, 1.54) is 0 Å². The third kappa shape index (κ3) is 2.20. The van der Waals surface area contributed by atoms with E-state index in [0.29, 0.717) is 11.0 Å². The van der Waals surface area contributed by atoms with Gasteiger partial charge in [-0.2, -0.15) is 0 Å². The van der Waals surface area contributed by atoms with Gasteiger partial charge in [0.05, 0.1) is 12.7 Å². The van der Waals surface area contributed by atoms with E-state index in [0.717, 1.165) is 0 Å². The van der Waals surface area contributed by atoms with Crippen molar-refractivity contribution in [3.63, 3.8) is 0 Å². The summed E-state index contributed by atoms with van der Waals surface area (Å²) in [4.78, 5) is 0. The lowest BCUT2D eigenvalue weighted by molar-refractivity contribution is -0.311. The van der Waals surface area contributed by atoms with Gasteiger partial charge in [0.25, 0.3) is 0 Å². The van der Waals surface area contributed by atoms with Crippen molar-refractivity contribution >= 4 is 22.6 Å². The fourth-order valence-electron chi connectivity index (χ4n) is 1.66. The van der Waals surface area contributed by atoms with Gasteiger partial charge in [-0.3, -0.25) is 0 Å². The second-order valence-corrected chi connectivity index (χ2v) is 4.18. The summed E-state index contributed by atoms with van der Waals surface area (Å²) in [5.41, 5.74) is 0. The van der Waals surface area contributed by atoms with E-state index in [1.807, 2.05) is 0 Å². The molecule has 4 unspecified atom stereocenters. The Balaban J connectivity index is 2.01. The first-order valence-electron chi connectivity index (χ1n) is 4.49. The van der Waals surface area contributed by atoms with E-state index >= 15 is 0 Å². The number of fused-ring (bicyclic) bond motifs is 1. The van der Waals surface area contributed by atoms with Crippen LogP contribution in [0.25, 0.3) is 0 Å². The molecule has 5 nitrogen and oxygen atoms in total.